The van der Waals surface area contributed by atoms with Crippen LogP contribution in [0.2, 0.25) is 0 Å². The lowest BCUT2D eigenvalue weighted by Gasteiger charge is -1.99. The molecule has 1 N–H and O–H groups in total. The molecule has 1 fully saturated rings. The molecule has 1 aliphatic rings. The molecule has 0 aromatic rings. The summed E-state index contributed by atoms with van der Waals surface area (Å²) in [5, 5.41) is 2.30. The SMILES string of the molecule is CCCCCCCCC/C=C1/CC(=O)NC1=O. The summed E-state index contributed by atoms with van der Waals surface area (Å²) in [7, 11) is 0. The minimum Gasteiger partial charge on any atom is -0.292 e. The number of unbranched alkanes of at least 4 members (excludes halogenated alkanes) is 7. The fourth-order valence-corrected chi connectivity index (χ4v) is 2.05. The molecular formula is C14H23NO2. The van der Waals surface area contributed by atoms with Crippen LogP contribution >= 0.6 is 0 Å². The molecule has 3 nitrogen and oxygen atoms in total. The number of nitrogens with one attached hydrogen (secondary N) is 1. The highest BCUT2D eigenvalue weighted by Crippen LogP contribution is 2.13. The van der Waals surface area contributed by atoms with Gasteiger partial charge in [-0.05, 0) is 12.8 Å². The van der Waals surface area contributed by atoms with Gasteiger partial charge in [0.05, 0.1) is 6.42 Å². The van der Waals surface area contributed by atoms with Crippen molar-refractivity contribution in [1.29, 1.82) is 0 Å². The Morgan fingerprint density at radius 2 is 1.71 bits per heavy atom. The second-order valence-electron chi connectivity index (χ2n) is 4.69. The van der Waals surface area contributed by atoms with E-state index in [0.29, 0.717) is 5.57 Å². The van der Waals surface area contributed by atoms with Crippen LogP contribution in [0.1, 0.15) is 64.7 Å². The van der Waals surface area contributed by atoms with Crippen molar-refractivity contribution in [3.63, 3.8) is 0 Å². The smallest absolute Gasteiger partial charge is 0.253 e. The van der Waals surface area contributed by atoms with E-state index in [9.17, 15) is 9.59 Å². The summed E-state index contributed by atoms with van der Waals surface area (Å²) in [6.07, 6.45) is 12.0. The molecule has 96 valence electrons. The Labute approximate surface area is 104 Å². The van der Waals surface area contributed by atoms with E-state index >= 15 is 0 Å². The number of hydrogen-bond acceptors (Lipinski definition) is 2. The first-order valence-corrected chi connectivity index (χ1v) is 6.77. The predicted molar refractivity (Wildman–Crippen MR) is 68.5 cm³/mol. The van der Waals surface area contributed by atoms with Crippen LogP contribution in [0.25, 0.3) is 0 Å². The molecule has 0 spiro atoms. The van der Waals surface area contributed by atoms with Crippen molar-refractivity contribution in [1.82, 2.24) is 5.32 Å². The van der Waals surface area contributed by atoms with E-state index in [1.54, 1.807) is 0 Å². The first-order chi connectivity index (χ1) is 8.24. The lowest BCUT2D eigenvalue weighted by atomic mass is 10.1. The summed E-state index contributed by atoms with van der Waals surface area (Å²) >= 11 is 0. The topological polar surface area (TPSA) is 46.2 Å². The first kappa shape index (κ1) is 13.9. The molecule has 0 unspecified atom stereocenters. The number of amides is 2. The number of hydrogen-bond donors (Lipinski definition) is 1. The van der Waals surface area contributed by atoms with Crippen LogP contribution in [0.4, 0.5) is 0 Å². The Morgan fingerprint density at radius 3 is 2.29 bits per heavy atom. The Bertz CT molecular complexity index is 295. The van der Waals surface area contributed by atoms with Crippen molar-refractivity contribution < 1.29 is 9.59 Å². The van der Waals surface area contributed by atoms with Gasteiger partial charge in [0.2, 0.25) is 5.91 Å². The zero-order valence-electron chi connectivity index (χ0n) is 10.8. The minimum atomic E-state index is -0.196. The third-order valence-corrected chi connectivity index (χ3v) is 3.09. The molecule has 1 heterocycles. The van der Waals surface area contributed by atoms with Crippen molar-refractivity contribution in [3.8, 4) is 0 Å². The molecule has 17 heavy (non-hydrogen) atoms. The van der Waals surface area contributed by atoms with Gasteiger partial charge in [0.15, 0.2) is 0 Å². The van der Waals surface area contributed by atoms with Gasteiger partial charge in [-0.1, -0.05) is 51.5 Å². The first-order valence-electron chi connectivity index (χ1n) is 6.77. The van der Waals surface area contributed by atoms with Crippen molar-refractivity contribution in [3.05, 3.63) is 11.6 Å². The van der Waals surface area contributed by atoms with Crippen LogP contribution in [-0.4, -0.2) is 11.8 Å². The summed E-state index contributed by atoms with van der Waals surface area (Å²) in [6.45, 7) is 2.22. The maximum atomic E-state index is 11.2. The highest BCUT2D eigenvalue weighted by molar-refractivity contribution is 6.13. The third kappa shape index (κ3) is 5.66. The Morgan fingerprint density at radius 1 is 1.06 bits per heavy atom. The summed E-state index contributed by atoms with van der Waals surface area (Å²) in [5.74, 6) is -0.362. The van der Waals surface area contributed by atoms with Crippen LogP contribution in [0.5, 0.6) is 0 Å². The quantitative estimate of drug-likeness (QED) is 0.400. The number of allylic oxidation sites excluding steroid dienone is 1. The molecule has 3 heteroatoms. The van der Waals surface area contributed by atoms with Crippen molar-refractivity contribution in [2.45, 2.75) is 64.7 Å². The van der Waals surface area contributed by atoms with Crippen LogP contribution in [0.15, 0.2) is 11.6 Å². The number of rotatable bonds is 8. The lowest BCUT2D eigenvalue weighted by molar-refractivity contribution is -0.124. The molecular weight excluding hydrogens is 214 g/mol. The standard InChI is InChI=1S/C14H23NO2/c1-2-3-4-5-6-7-8-9-10-12-11-13(16)15-14(12)17/h10H,2-9,11H2,1H3,(H,15,16,17)/b12-10-. The van der Waals surface area contributed by atoms with Gasteiger partial charge in [-0.15, -0.1) is 0 Å². The Balaban J connectivity index is 2.02. The second kappa shape index (κ2) is 8.04. The van der Waals surface area contributed by atoms with Crippen molar-refractivity contribution in [2.75, 3.05) is 0 Å². The number of carbonyl (C=O) groups is 2. The monoisotopic (exact) mass is 237 g/mol. The normalized spacial score (nSPS) is 17.8. The van der Waals surface area contributed by atoms with E-state index in [1.165, 1.54) is 38.5 Å². The molecule has 1 aliphatic heterocycles. The molecule has 2 amide bonds. The zero-order chi connectivity index (χ0) is 12.5. The van der Waals surface area contributed by atoms with Gasteiger partial charge in [-0.25, -0.2) is 0 Å². The molecule has 0 aliphatic carbocycles. The molecule has 0 aromatic carbocycles. The zero-order valence-corrected chi connectivity index (χ0v) is 10.8. The van der Waals surface area contributed by atoms with Gasteiger partial charge < -0.3 is 0 Å². The van der Waals surface area contributed by atoms with E-state index in [2.05, 4.69) is 12.2 Å². The highest BCUT2D eigenvalue weighted by Gasteiger charge is 2.22. The molecule has 0 bridgehead atoms. The molecule has 1 saturated heterocycles. The molecule has 0 aromatic heterocycles. The largest absolute Gasteiger partial charge is 0.292 e. The van der Waals surface area contributed by atoms with Gasteiger partial charge in [0, 0.05) is 5.57 Å². The van der Waals surface area contributed by atoms with Crippen LogP contribution in [-0.2, 0) is 9.59 Å². The van der Waals surface area contributed by atoms with E-state index in [-0.39, 0.29) is 18.2 Å². The van der Waals surface area contributed by atoms with E-state index in [1.807, 2.05) is 6.08 Å². The molecule has 0 atom stereocenters. The third-order valence-electron chi connectivity index (χ3n) is 3.09. The lowest BCUT2D eigenvalue weighted by Crippen LogP contribution is -2.19. The fraction of sp³-hybridized carbons (Fsp3) is 0.714. The summed E-state index contributed by atoms with van der Waals surface area (Å²) < 4.78 is 0. The van der Waals surface area contributed by atoms with Crippen LogP contribution in [0, 0.1) is 0 Å². The maximum absolute atomic E-state index is 11.2. The fourth-order valence-electron chi connectivity index (χ4n) is 2.05. The van der Waals surface area contributed by atoms with Gasteiger partial charge in [-0.3, -0.25) is 14.9 Å². The Kier molecular flexibility index (Phi) is 6.60. The number of carbonyl (C=O) groups excluding carboxylic acids is 2. The van der Waals surface area contributed by atoms with Gasteiger partial charge in [-0.2, -0.15) is 0 Å². The highest BCUT2D eigenvalue weighted by atomic mass is 16.2. The van der Waals surface area contributed by atoms with Crippen molar-refractivity contribution >= 4 is 11.8 Å². The van der Waals surface area contributed by atoms with Crippen LogP contribution in [0.3, 0.4) is 0 Å². The van der Waals surface area contributed by atoms with Crippen molar-refractivity contribution in [2.24, 2.45) is 0 Å². The molecule has 0 saturated carbocycles. The van der Waals surface area contributed by atoms with Gasteiger partial charge >= 0.3 is 0 Å². The van der Waals surface area contributed by atoms with Gasteiger partial charge in [0.25, 0.3) is 5.91 Å². The Hall–Kier alpha value is -1.12. The average Bonchev–Trinajstić information content (AvgIpc) is 2.61. The minimum absolute atomic E-state index is 0.166. The van der Waals surface area contributed by atoms with E-state index in [4.69, 9.17) is 0 Å². The summed E-state index contributed by atoms with van der Waals surface area (Å²) in [4.78, 5) is 22.1. The van der Waals surface area contributed by atoms with E-state index < -0.39 is 0 Å². The predicted octanol–water partition coefficient (Wildman–Crippen LogP) is 3.10. The second-order valence-corrected chi connectivity index (χ2v) is 4.69. The van der Waals surface area contributed by atoms with E-state index in [0.717, 1.165) is 12.8 Å². The summed E-state index contributed by atoms with van der Waals surface area (Å²) in [5.41, 5.74) is 0.654. The molecule has 0 radical (unpaired) electrons. The van der Waals surface area contributed by atoms with Gasteiger partial charge in [0.1, 0.15) is 0 Å². The average molecular weight is 237 g/mol. The maximum Gasteiger partial charge on any atom is 0.253 e. The number of imide groups is 1. The molecule has 1 rings (SSSR count). The van der Waals surface area contributed by atoms with Crippen LogP contribution < -0.4 is 5.32 Å². The summed E-state index contributed by atoms with van der Waals surface area (Å²) in [6, 6.07) is 0.